The van der Waals surface area contributed by atoms with Gasteiger partial charge in [-0.15, -0.1) is 0 Å². The van der Waals surface area contributed by atoms with E-state index in [0.717, 1.165) is 12.8 Å². The summed E-state index contributed by atoms with van der Waals surface area (Å²) in [7, 11) is 0. The topological polar surface area (TPSA) is 65.5 Å². The van der Waals surface area contributed by atoms with Crippen LogP contribution < -0.4 is 4.74 Å². The first-order valence-corrected chi connectivity index (χ1v) is 6.92. The van der Waals surface area contributed by atoms with Crippen LogP contribution in [-0.2, 0) is 14.3 Å². The van der Waals surface area contributed by atoms with Crippen LogP contribution in [-0.4, -0.2) is 30.0 Å². The number of ether oxygens (including phenoxy) is 2. The van der Waals surface area contributed by atoms with Crippen LogP contribution in [0.15, 0.2) is 24.5 Å². The van der Waals surface area contributed by atoms with Crippen molar-refractivity contribution in [1.82, 2.24) is 4.98 Å². The average Bonchev–Trinajstić information content (AvgIpc) is 2.48. The number of ketones is 1. The van der Waals surface area contributed by atoms with E-state index in [-0.39, 0.29) is 19.0 Å². The molecule has 0 spiro atoms. The lowest BCUT2D eigenvalue weighted by Crippen LogP contribution is -2.47. The molecule has 1 saturated carbocycles. The second-order valence-corrected chi connectivity index (χ2v) is 4.90. The summed E-state index contributed by atoms with van der Waals surface area (Å²) in [5.74, 6) is 0.0667. The van der Waals surface area contributed by atoms with Gasteiger partial charge in [0.15, 0.2) is 11.2 Å². The molecule has 1 fully saturated rings. The third-order valence-corrected chi connectivity index (χ3v) is 3.59. The van der Waals surface area contributed by atoms with Gasteiger partial charge in [0, 0.05) is 18.8 Å². The van der Waals surface area contributed by atoms with Gasteiger partial charge in [0.25, 0.3) is 0 Å². The van der Waals surface area contributed by atoms with Gasteiger partial charge >= 0.3 is 5.97 Å². The van der Waals surface area contributed by atoms with E-state index in [1.165, 1.54) is 0 Å². The minimum absolute atomic E-state index is 0.0364. The maximum atomic E-state index is 12.3. The highest BCUT2D eigenvalue weighted by Crippen LogP contribution is 2.35. The number of Topliss-reactive ketones (excluding diaryl/α,β-unsaturated/α-hetero) is 1. The molecule has 1 unspecified atom stereocenters. The number of carbonyl (C=O) groups is 2. The number of nitrogens with zero attached hydrogens (tertiary/aromatic N) is 1. The molecule has 1 aliphatic carbocycles. The van der Waals surface area contributed by atoms with Crippen LogP contribution in [0, 0.1) is 5.41 Å². The van der Waals surface area contributed by atoms with Crippen molar-refractivity contribution in [3.63, 3.8) is 0 Å². The highest BCUT2D eigenvalue weighted by molar-refractivity contribution is 6.04. The molecular formula is C15H19NO4. The lowest BCUT2D eigenvalue weighted by Gasteiger charge is -2.32. The molecule has 0 amide bonds. The summed E-state index contributed by atoms with van der Waals surface area (Å²) in [6.45, 7) is 2.04. The number of carbonyl (C=O) groups excluding carboxylic acids is 2. The lowest BCUT2D eigenvalue weighted by atomic mass is 9.73. The summed E-state index contributed by atoms with van der Waals surface area (Å²) in [5.41, 5.74) is -1.14. The van der Waals surface area contributed by atoms with Crippen LogP contribution in [0.2, 0.25) is 0 Å². The minimum Gasteiger partial charge on any atom is -0.492 e. The smallest absolute Gasteiger partial charge is 0.323 e. The van der Waals surface area contributed by atoms with Crippen molar-refractivity contribution >= 4 is 11.8 Å². The molecule has 1 aromatic rings. The average molecular weight is 277 g/mol. The summed E-state index contributed by atoms with van der Waals surface area (Å²) in [6.07, 6.45) is 5.79. The number of esters is 1. The number of hydrogen-bond donors (Lipinski definition) is 0. The van der Waals surface area contributed by atoms with Crippen LogP contribution in [0.4, 0.5) is 0 Å². The lowest BCUT2D eigenvalue weighted by molar-refractivity contribution is -0.164. The van der Waals surface area contributed by atoms with Crippen molar-refractivity contribution < 1.29 is 19.1 Å². The predicted octanol–water partition coefficient (Wildman–Crippen LogP) is 2.15. The van der Waals surface area contributed by atoms with Gasteiger partial charge in [-0.05, 0) is 31.9 Å². The van der Waals surface area contributed by atoms with Crippen molar-refractivity contribution in [2.24, 2.45) is 5.41 Å². The first kappa shape index (κ1) is 14.5. The van der Waals surface area contributed by atoms with Crippen molar-refractivity contribution in [3.8, 4) is 5.75 Å². The fourth-order valence-electron chi connectivity index (χ4n) is 2.43. The van der Waals surface area contributed by atoms with Crippen LogP contribution in [0.25, 0.3) is 0 Å². The Morgan fingerprint density at radius 3 is 2.75 bits per heavy atom. The second-order valence-electron chi connectivity index (χ2n) is 4.90. The monoisotopic (exact) mass is 277 g/mol. The zero-order valence-electron chi connectivity index (χ0n) is 11.6. The van der Waals surface area contributed by atoms with Crippen LogP contribution >= 0.6 is 0 Å². The molecule has 2 rings (SSSR count). The Bertz CT molecular complexity index is 474. The molecule has 1 aromatic heterocycles. The van der Waals surface area contributed by atoms with Crippen molar-refractivity contribution in [3.05, 3.63) is 24.5 Å². The quantitative estimate of drug-likeness (QED) is 0.609. The third-order valence-electron chi connectivity index (χ3n) is 3.59. The van der Waals surface area contributed by atoms with E-state index >= 15 is 0 Å². The van der Waals surface area contributed by atoms with Crippen LogP contribution in [0.5, 0.6) is 5.75 Å². The maximum absolute atomic E-state index is 12.3. The molecule has 1 heterocycles. The van der Waals surface area contributed by atoms with E-state index in [9.17, 15) is 9.59 Å². The Kier molecular flexibility index (Phi) is 4.71. The van der Waals surface area contributed by atoms with Gasteiger partial charge < -0.3 is 9.47 Å². The molecule has 0 bridgehead atoms. The van der Waals surface area contributed by atoms with Crippen molar-refractivity contribution in [2.75, 3.05) is 13.2 Å². The fraction of sp³-hybridized carbons (Fsp3) is 0.533. The molecule has 0 N–H and O–H groups in total. The molecule has 1 aliphatic rings. The molecule has 0 radical (unpaired) electrons. The van der Waals surface area contributed by atoms with Gasteiger partial charge in [0.1, 0.15) is 12.4 Å². The predicted molar refractivity (Wildman–Crippen MR) is 72.3 cm³/mol. The zero-order valence-corrected chi connectivity index (χ0v) is 11.6. The van der Waals surface area contributed by atoms with E-state index in [4.69, 9.17) is 9.47 Å². The van der Waals surface area contributed by atoms with Gasteiger partial charge in [-0.25, -0.2) is 0 Å². The molecule has 0 aliphatic heterocycles. The SMILES string of the molecule is CCOC(=O)C1(COc2ccncc2)CCCCC1=O. The highest BCUT2D eigenvalue weighted by atomic mass is 16.5. The highest BCUT2D eigenvalue weighted by Gasteiger charge is 2.48. The normalized spacial score (nSPS) is 22.4. The van der Waals surface area contributed by atoms with Gasteiger partial charge in [0.05, 0.1) is 6.61 Å². The fourth-order valence-corrected chi connectivity index (χ4v) is 2.43. The Labute approximate surface area is 118 Å². The molecular weight excluding hydrogens is 258 g/mol. The summed E-state index contributed by atoms with van der Waals surface area (Å²) < 4.78 is 10.7. The van der Waals surface area contributed by atoms with Crippen LogP contribution in [0.3, 0.4) is 0 Å². The standard InChI is InChI=1S/C15H19NO4/c1-2-19-14(18)15(8-4-3-5-13(15)17)11-20-12-6-9-16-10-7-12/h6-7,9-10H,2-5,8,11H2,1H3. The van der Waals surface area contributed by atoms with Crippen molar-refractivity contribution in [1.29, 1.82) is 0 Å². The van der Waals surface area contributed by atoms with E-state index in [1.54, 1.807) is 31.5 Å². The van der Waals surface area contributed by atoms with Gasteiger partial charge in [-0.3, -0.25) is 14.6 Å². The van der Waals surface area contributed by atoms with Gasteiger partial charge in [-0.2, -0.15) is 0 Å². The minimum atomic E-state index is -1.14. The summed E-state index contributed by atoms with van der Waals surface area (Å²) in [6, 6.07) is 3.40. The number of hydrogen-bond acceptors (Lipinski definition) is 5. The van der Waals surface area contributed by atoms with Gasteiger partial charge in [0.2, 0.25) is 0 Å². The van der Waals surface area contributed by atoms with E-state index in [2.05, 4.69) is 4.98 Å². The zero-order chi connectivity index (χ0) is 14.4. The molecule has 20 heavy (non-hydrogen) atoms. The Balaban J connectivity index is 2.14. The Morgan fingerprint density at radius 2 is 2.10 bits per heavy atom. The summed E-state index contributed by atoms with van der Waals surface area (Å²) in [5, 5.41) is 0. The summed E-state index contributed by atoms with van der Waals surface area (Å²) in [4.78, 5) is 28.4. The third kappa shape index (κ3) is 2.98. The second kappa shape index (κ2) is 6.50. The Hall–Kier alpha value is -1.91. The van der Waals surface area contributed by atoms with E-state index < -0.39 is 11.4 Å². The molecule has 1 atom stereocenters. The van der Waals surface area contributed by atoms with E-state index in [1.807, 2.05) is 0 Å². The first-order valence-electron chi connectivity index (χ1n) is 6.92. The summed E-state index contributed by atoms with van der Waals surface area (Å²) >= 11 is 0. The molecule has 5 nitrogen and oxygen atoms in total. The Morgan fingerprint density at radius 1 is 1.35 bits per heavy atom. The molecule has 0 aromatic carbocycles. The number of rotatable bonds is 5. The maximum Gasteiger partial charge on any atom is 0.323 e. The number of pyridine rings is 1. The van der Waals surface area contributed by atoms with Crippen LogP contribution in [0.1, 0.15) is 32.6 Å². The largest absolute Gasteiger partial charge is 0.492 e. The van der Waals surface area contributed by atoms with Crippen molar-refractivity contribution in [2.45, 2.75) is 32.6 Å². The van der Waals surface area contributed by atoms with Gasteiger partial charge in [-0.1, -0.05) is 6.42 Å². The van der Waals surface area contributed by atoms with E-state index in [0.29, 0.717) is 18.6 Å². The molecule has 5 heteroatoms. The molecule has 0 saturated heterocycles. The molecule has 108 valence electrons. The first-order chi connectivity index (χ1) is 9.69. The number of aromatic nitrogens is 1.